The molecule has 0 radical (unpaired) electrons. The summed E-state index contributed by atoms with van der Waals surface area (Å²) in [5.41, 5.74) is -0.487. The lowest BCUT2D eigenvalue weighted by molar-refractivity contribution is 0.0534. The van der Waals surface area contributed by atoms with Gasteiger partial charge in [0, 0.05) is 12.7 Å². The number of rotatable bonds is 4. The van der Waals surface area contributed by atoms with Gasteiger partial charge in [0.05, 0.1) is 11.5 Å². The van der Waals surface area contributed by atoms with Gasteiger partial charge in [-0.25, -0.2) is 9.78 Å². The summed E-state index contributed by atoms with van der Waals surface area (Å²) < 4.78 is 5.08. The van der Waals surface area contributed by atoms with Gasteiger partial charge in [0.1, 0.15) is 10.6 Å². The summed E-state index contributed by atoms with van der Waals surface area (Å²) in [6.45, 7) is 5.82. The number of thiazole rings is 1. The molecule has 5 nitrogen and oxygen atoms in total. The number of nitrogens with zero attached hydrogens (tertiary/aromatic N) is 1. The molecule has 1 aromatic heterocycles. The van der Waals surface area contributed by atoms with E-state index < -0.39 is 11.7 Å². The number of ether oxygens (including phenoxy) is 1. The molecule has 0 aromatic carbocycles. The first-order chi connectivity index (χ1) is 8.40. The van der Waals surface area contributed by atoms with E-state index in [9.17, 15) is 4.79 Å². The highest BCUT2D eigenvalue weighted by atomic mass is 32.1. The van der Waals surface area contributed by atoms with Gasteiger partial charge in [-0.2, -0.15) is 0 Å². The van der Waals surface area contributed by atoms with E-state index in [0.29, 0.717) is 6.54 Å². The summed E-state index contributed by atoms with van der Waals surface area (Å²) in [7, 11) is 0. The quantitative estimate of drug-likeness (QED) is 0.879. The molecular weight excluding hydrogens is 252 g/mol. The minimum Gasteiger partial charge on any atom is -0.444 e. The third-order valence-electron chi connectivity index (χ3n) is 1.75. The molecule has 0 unspecified atom stereocenters. The van der Waals surface area contributed by atoms with Crippen molar-refractivity contribution in [1.29, 1.82) is 0 Å². The van der Waals surface area contributed by atoms with Gasteiger partial charge in [0.2, 0.25) is 0 Å². The fourth-order valence-corrected chi connectivity index (χ4v) is 1.80. The first kappa shape index (κ1) is 14.7. The number of aliphatic hydroxyl groups excluding tert-OH is 1. The number of aromatic nitrogens is 1. The van der Waals surface area contributed by atoms with E-state index in [0.717, 1.165) is 9.88 Å². The largest absolute Gasteiger partial charge is 0.444 e. The van der Waals surface area contributed by atoms with Crippen molar-refractivity contribution in [3.05, 3.63) is 22.2 Å². The highest BCUT2D eigenvalue weighted by Crippen LogP contribution is 2.13. The Morgan fingerprint density at radius 3 is 2.89 bits per heavy atom. The molecule has 0 aliphatic carbocycles. The van der Waals surface area contributed by atoms with E-state index in [-0.39, 0.29) is 6.61 Å². The molecule has 0 fully saturated rings. The smallest absolute Gasteiger partial charge is 0.407 e. The zero-order valence-electron chi connectivity index (χ0n) is 10.8. The number of carbonyl (C=O) groups is 1. The minimum atomic E-state index is -0.487. The maximum Gasteiger partial charge on any atom is 0.407 e. The van der Waals surface area contributed by atoms with Gasteiger partial charge < -0.3 is 15.2 Å². The highest BCUT2D eigenvalue weighted by Gasteiger charge is 2.14. The average Bonchev–Trinajstić information content (AvgIpc) is 2.70. The summed E-state index contributed by atoms with van der Waals surface area (Å²) in [5, 5.41) is 12.3. The monoisotopic (exact) mass is 270 g/mol. The maximum atomic E-state index is 11.3. The van der Waals surface area contributed by atoms with Crippen LogP contribution in [0.1, 0.15) is 30.7 Å². The lowest BCUT2D eigenvalue weighted by Crippen LogP contribution is -2.32. The summed E-state index contributed by atoms with van der Waals surface area (Å²) in [6, 6.07) is 0. The molecule has 1 aromatic rings. The number of nitrogens with one attached hydrogen (secondary N) is 1. The van der Waals surface area contributed by atoms with Crippen molar-refractivity contribution >= 4 is 23.5 Å². The average molecular weight is 270 g/mol. The number of alkyl carbamates (subject to hydrolysis) is 1. The number of amides is 1. The third kappa shape index (κ3) is 5.79. The predicted octanol–water partition coefficient (Wildman–Crippen LogP) is 2.17. The Balaban J connectivity index is 2.31. The van der Waals surface area contributed by atoms with Crippen LogP contribution < -0.4 is 5.32 Å². The zero-order valence-corrected chi connectivity index (χ0v) is 11.6. The second-order valence-electron chi connectivity index (χ2n) is 4.61. The Kier molecular flexibility index (Phi) is 5.30. The van der Waals surface area contributed by atoms with E-state index in [1.54, 1.807) is 18.3 Å². The lowest BCUT2D eigenvalue weighted by Gasteiger charge is -2.19. The van der Waals surface area contributed by atoms with Crippen molar-refractivity contribution in [1.82, 2.24) is 10.3 Å². The molecule has 0 spiro atoms. The van der Waals surface area contributed by atoms with Crippen molar-refractivity contribution < 1.29 is 14.6 Å². The first-order valence-corrected chi connectivity index (χ1v) is 6.41. The number of aliphatic hydroxyl groups is 1. The normalized spacial score (nSPS) is 11.8. The molecule has 1 amide bonds. The van der Waals surface area contributed by atoms with Gasteiger partial charge in [0.25, 0.3) is 0 Å². The van der Waals surface area contributed by atoms with Crippen molar-refractivity contribution in [2.45, 2.75) is 33.0 Å². The SMILES string of the molecule is CC(C)(C)OC(=O)NCC=Cc1ncc(CO)s1. The maximum absolute atomic E-state index is 11.3. The van der Waals surface area contributed by atoms with Crippen LogP contribution in [0.2, 0.25) is 0 Å². The van der Waals surface area contributed by atoms with E-state index in [1.807, 2.05) is 20.8 Å². The second-order valence-corrected chi connectivity index (χ2v) is 5.75. The van der Waals surface area contributed by atoms with Crippen molar-refractivity contribution in [3.8, 4) is 0 Å². The van der Waals surface area contributed by atoms with Gasteiger partial charge in [-0.05, 0) is 26.8 Å². The fraction of sp³-hybridized carbons (Fsp3) is 0.500. The van der Waals surface area contributed by atoms with Crippen LogP contribution in [0.15, 0.2) is 12.3 Å². The van der Waals surface area contributed by atoms with E-state index in [2.05, 4.69) is 10.3 Å². The predicted molar refractivity (Wildman–Crippen MR) is 71.3 cm³/mol. The van der Waals surface area contributed by atoms with Gasteiger partial charge >= 0.3 is 6.09 Å². The van der Waals surface area contributed by atoms with E-state index in [1.165, 1.54) is 11.3 Å². The molecule has 6 heteroatoms. The Morgan fingerprint density at radius 1 is 1.61 bits per heavy atom. The van der Waals surface area contributed by atoms with Gasteiger partial charge in [-0.15, -0.1) is 11.3 Å². The lowest BCUT2D eigenvalue weighted by atomic mass is 10.2. The van der Waals surface area contributed by atoms with Gasteiger partial charge in [0.15, 0.2) is 0 Å². The highest BCUT2D eigenvalue weighted by molar-refractivity contribution is 7.12. The molecule has 0 saturated heterocycles. The molecule has 0 bridgehead atoms. The fourth-order valence-electron chi connectivity index (χ4n) is 1.09. The van der Waals surface area contributed by atoms with Crippen LogP contribution >= 0.6 is 11.3 Å². The Labute approximate surface area is 111 Å². The van der Waals surface area contributed by atoms with Crippen LogP contribution in [0.3, 0.4) is 0 Å². The van der Waals surface area contributed by atoms with E-state index in [4.69, 9.17) is 9.84 Å². The van der Waals surface area contributed by atoms with Crippen LogP contribution in [0.5, 0.6) is 0 Å². The molecule has 18 heavy (non-hydrogen) atoms. The number of carbonyl (C=O) groups excluding carboxylic acids is 1. The summed E-state index contributed by atoms with van der Waals surface area (Å²) in [4.78, 5) is 16.2. The topological polar surface area (TPSA) is 71.5 Å². The molecule has 1 heterocycles. The van der Waals surface area contributed by atoms with Crippen molar-refractivity contribution in [2.75, 3.05) is 6.54 Å². The van der Waals surface area contributed by atoms with Crippen LogP contribution in [0, 0.1) is 0 Å². The summed E-state index contributed by atoms with van der Waals surface area (Å²) in [5.74, 6) is 0. The first-order valence-electron chi connectivity index (χ1n) is 5.59. The van der Waals surface area contributed by atoms with Crippen LogP contribution in [-0.2, 0) is 11.3 Å². The standard InChI is InChI=1S/C12H18N2O3S/c1-12(2,3)17-11(16)13-6-4-5-10-14-7-9(8-15)18-10/h4-5,7,15H,6,8H2,1-3H3,(H,13,16). The Morgan fingerprint density at radius 2 is 2.33 bits per heavy atom. The van der Waals surface area contributed by atoms with Gasteiger partial charge in [-0.3, -0.25) is 0 Å². The van der Waals surface area contributed by atoms with Crippen LogP contribution in [-0.4, -0.2) is 28.3 Å². The molecule has 0 atom stereocenters. The number of hydrogen-bond donors (Lipinski definition) is 2. The van der Waals surface area contributed by atoms with Crippen molar-refractivity contribution in [2.24, 2.45) is 0 Å². The molecular formula is C12H18N2O3S. The van der Waals surface area contributed by atoms with E-state index >= 15 is 0 Å². The number of hydrogen-bond acceptors (Lipinski definition) is 5. The molecule has 100 valence electrons. The summed E-state index contributed by atoms with van der Waals surface area (Å²) >= 11 is 1.41. The summed E-state index contributed by atoms with van der Waals surface area (Å²) in [6.07, 6.45) is 4.76. The molecule has 2 N–H and O–H groups in total. The third-order valence-corrected chi connectivity index (χ3v) is 2.70. The molecule has 1 rings (SSSR count). The minimum absolute atomic E-state index is 0.00165. The molecule has 0 aliphatic rings. The zero-order chi connectivity index (χ0) is 13.6. The van der Waals surface area contributed by atoms with Crippen LogP contribution in [0.25, 0.3) is 6.08 Å². The molecule has 0 saturated carbocycles. The van der Waals surface area contributed by atoms with Crippen LogP contribution in [0.4, 0.5) is 4.79 Å². The second kappa shape index (κ2) is 6.51. The molecule has 0 aliphatic heterocycles. The Hall–Kier alpha value is -1.40. The Bertz CT molecular complexity index is 421. The van der Waals surface area contributed by atoms with Crippen molar-refractivity contribution in [3.63, 3.8) is 0 Å². The van der Waals surface area contributed by atoms with Gasteiger partial charge in [-0.1, -0.05) is 6.08 Å².